The summed E-state index contributed by atoms with van der Waals surface area (Å²) in [5.41, 5.74) is 0.603. The van der Waals surface area contributed by atoms with E-state index in [2.05, 4.69) is 10.2 Å². The lowest BCUT2D eigenvalue weighted by atomic mass is 10.2. The van der Waals surface area contributed by atoms with Crippen molar-refractivity contribution in [1.82, 2.24) is 4.90 Å². The van der Waals surface area contributed by atoms with Crippen LogP contribution >= 0.6 is 23.4 Å². The molecule has 1 amide bonds. The number of hydrogen-bond donors (Lipinski definition) is 2. The first kappa shape index (κ1) is 14.5. The second kappa shape index (κ2) is 6.50. The lowest BCUT2D eigenvalue weighted by Crippen LogP contribution is -2.46. The third kappa shape index (κ3) is 3.78. The number of anilines is 1. The Morgan fingerprint density at radius 1 is 1.47 bits per heavy atom. The topological polar surface area (TPSA) is 52.6 Å². The summed E-state index contributed by atoms with van der Waals surface area (Å²) in [4.78, 5) is 14.3. The highest BCUT2D eigenvalue weighted by atomic mass is 35.5. The van der Waals surface area contributed by atoms with Crippen LogP contribution < -0.4 is 5.32 Å². The van der Waals surface area contributed by atoms with Gasteiger partial charge in [-0.1, -0.05) is 11.6 Å². The zero-order valence-electron chi connectivity index (χ0n) is 10.7. The second-order valence-electron chi connectivity index (χ2n) is 4.48. The first-order valence-corrected chi connectivity index (χ1v) is 7.72. The van der Waals surface area contributed by atoms with Crippen LogP contribution in [0.5, 0.6) is 5.75 Å². The molecule has 6 heteroatoms. The molecule has 1 aromatic rings. The molecular weight excluding hydrogens is 284 g/mol. The molecule has 1 saturated heterocycles. The number of rotatable bonds is 3. The molecule has 2 rings (SSSR count). The number of aromatic hydroxyl groups is 1. The van der Waals surface area contributed by atoms with Crippen LogP contribution in [0.15, 0.2) is 18.2 Å². The van der Waals surface area contributed by atoms with Gasteiger partial charge in [-0.3, -0.25) is 9.69 Å². The third-order valence-electron chi connectivity index (χ3n) is 3.19. The van der Waals surface area contributed by atoms with E-state index in [4.69, 9.17) is 11.6 Å². The third-order valence-corrected chi connectivity index (χ3v) is 4.43. The Bertz CT molecular complexity index is 464. The number of halogens is 1. The van der Waals surface area contributed by atoms with Gasteiger partial charge >= 0.3 is 0 Å². The molecule has 1 heterocycles. The molecule has 1 aliphatic heterocycles. The van der Waals surface area contributed by atoms with Crippen LogP contribution in [0, 0.1) is 0 Å². The maximum absolute atomic E-state index is 12.1. The van der Waals surface area contributed by atoms with E-state index in [9.17, 15) is 9.90 Å². The number of carbonyl (C=O) groups is 1. The highest BCUT2D eigenvalue weighted by molar-refractivity contribution is 7.99. The number of hydrogen-bond acceptors (Lipinski definition) is 4. The predicted octanol–water partition coefficient (Wildman–Crippen LogP) is 2.42. The molecule has 0 aliphatic carbocycles. The van der Waals surface area contributed by atoms with Crippen LogP contribution in [-0.2, 0) is 4.79 Å². The van der Waals surface area contributed by atoms with Crippen LogP contribution in [0.4, 0.5) is 5.69 Å². The zero-order chi connectivity index (χ0) is 13.8. The Morgan fingerprint density at radius 3 is 2.79 bits per heavy atom. The highest BCUT2D eigenvalue weighted by Gasteiger charge is 2.23. The average molecular weight is 301 g/mol. The molecular formula is C13H17ClN2O2S. The first-order chi connectivity index (χ1) is 9.08. The molecule has 0 spiro atoms. The Balaban J connectivity index is 1.97. The van der Waals surface area contributed by atoms with Gasteiger partial charge in [0.1, 0.15) is 5.75 Å². The molecule has 1 fully saturated rings. The van der Waals surface area contributed by atoms with E-state index in [1.54, 1.807) is 12.1 Å². The molecule has 19 heavy (non-hydrogen) atoms. The van der Waals surface area contributed by atoms with E-state index in [1.807, 2.05) is 18.7 Å². The summed E-state index contributed by atoms with van der Waals surface area (Å²) >= 11 is 7.73. The van der Waals surface area contributed by atoms with Crippen molar-refractivity contribution in [3.05, 3.63) is 23.2 Å². The van der Waals surface area contributed by atoms with Crippen molar-refractivity contribution >= 4 is 35.0 Å². The van der Waals surface area contributed by atoms with E-state index in [0.29, 0.717) is 5.69 Å². The second-order valence-corrected chi connectivity index (χ2v) is 6.11. The smallest absolute Gasteiger partial charge is 0.241 e. The minimum Gasteiger partial charge on any atom is -0.506 e. The fourth-order valence-corrected chi connectivity index (χ4v) is 3.07. The van der Waals surface area contributed by atoms with Gasteiger partial charge in [0.2, 0.25) is 5.91 Å². The quantitative estimate of drug-likeness (QED) is 0.842. The maximum Gasteiger partial charge on any atom is 0.241 e. The fourth-order valence-electron chi connectivity index (χ4n) is 1.96. The number of phenolic OH excluding ortho intramolecular Hbond substituents is 1. The number of amides is 1. The highest BCUT2D eigenvalue weighted by Crippen LogP contribution is 2.26. The number of benzene rings is 1. The molecule has 0 bridgehead atoms. The van der Waals surface area contributed by atoms with Crippen LogP contribution in [0.1, 0.15) is 6.92 Å². The van der Waals surface area contributed by atoms with E-state index in [1.165, 1.54) is 6.07 Å². The van der Waals surface area contributed by atoms with Gasteiger partial charge < -0.3 is 10.4 Å². The predicted molar refractivity (Wildman–Crippen MR) is 80.1 cm³/mol. The average Bonchev–Trinajstić information content (AvgIpc) is 2.43. The molecule has 1 aromatic carbocycles. The lowest BCUT2D eigenvalue weighted by Gasteiger charge is -2.31. The number of carbonyl (C=O) groups excluding carboxylic acids is 1. The lowest BCUT2D eigenvalue weighted by molar-refractivity contribution is -0.120. The fraction of sp³-hybridized carbons (Fsp3) is 0.462. The van der Waals surface area contributed by atoms with Crippen molar-refractivity contribution in [2.45, 2.75) is 13.0 Å². The van der Waals surface area contributed by atoms with Crippen molar-refractivity contribution in [3.63, 3.8) is 0 Å². The number of nitrogens with zero attached hydrogens (tertiary/aromatic N) is 1. The van der Waals surface area contributed by atoms with Gasteiger partial charge in [0.05, 0.1) is 11.1 Å². The van der Waals surface area contributed by atoms with Gasteiger partial charge in [-0.25, -0.2) is 0 Å². The maximum atomic E-state index is 12.1. The van der Waals surface area contributed by atoms with E-state index in [-0.39, 0.29) is 22.7 Å². The Labute approximate surface area is 122 Å². The number of nitrogens with one attached hydrogen (secondary N) is 1. The van der Waals surface area contributed by atoms with Gasteiger partial charge in [-0.2, -0.15) is 11.8 Å². The first-order valence-electron chi connectivity index (χ1n) is 6.19. The molecule has 1 atom stereocenters. The molecule has 4 nitrogen and oxygen atoms in total. The van der Waals surface area contributed by atoms with Crippen molar-refractivity contribution in [2.75, 3.05) is 29.9 Å². The van der Waals surface area contributed by atoms with Crippen LogP contribution in [0.25, 0.3) is 0 Å². The van der Waals surface area contributed by atoms with Gasteiger partial charge in [-0.15, -0.1) is 0 Å². The summed E-state index contributed by atoms with van der Waals surface area (Å²) < 4.78 is 0. The Morgan fingerprint density at radius 2 is 2.16 bits per heavy atom. The van der Waals surface area contributed by atoms with Crippen molar-refractivity contribution in [2.24, 2.45) is 0 Å². The minimum absolute atomic E-state index is 0.0146. The molecule has 0 radical (unpaired) electrons. The number of thioether (sulfide) groups is 1. The van der Waals surface area contributed by atoms with Crippen molar-refractivity contribution < 1.29 is 9.90 Å². The normalized spacial score (nSPS) is 18.0. The summed E-state index contributed by atoms with van der Waals surface area (Å²) in [5.74, 6) is 2.11. The monoisotopic (exact) mass is 300 g/mol. The van der Waals surface area contributed by atoms with Crippen LogP contribution in [0.2, 0.25) is 5.02 Å². The van der Waals surface area contributed by atoms with Crippen molar-refractivity contribution in [1.29, 1.82) is 0 Å². The SMILES string of the molecule is C[C@@H](C(=O)Nc1ccc(O)c(Cl)c1)N1CCSCC1. The Hall–Kier alpha value is -0.910. The van der Waals surface area contributed by atoms with E-state index in [0.717, 1.165) is 24.6 Å². The standard InChI is InChI=1S/C13H17ClN2O2S/c1-9(16-4-6-19-7-5-16)13(18)15-10-2-3-12(17)11(14)8-10/h2-3,8-9,17H,4-7H2,1H3,(H,15,18)/t9-/m0/s1. The largest absolute Gasteiger partial charge is 0.506 e. The summed E-state index contributed by atoms with van der Waals surface area (Å²) in [5, 5.41) is 12.4. The number of phenols is 1. The van der Waals surface area contributed by atoms with Gasteiger partial charge in [0, 0.05) is 30.3 Å². The van der Waals surface area contributed by atoms with Gasteiger partial charge in [-0.05, 0) is 25.1 Å². The summed E-state index contributed by atoms with van der Waals surface area (Å²) in [6.07, 6.45) is 0. The molecule has 1 aliphatic rings. The van der Waals surface area contributed by atoms with E-state index < -0.39 is 0 Å². The van der Waals surface area contributed by atoms with Crippen LogP contribution in [-0.4, -0.2) is 46.6 Å². The minimum atomic E-state index is -0.159. The summed E-state index contributed by atoms with van der Waals surface area (Å²) in [6, 6.07) is 4.50. The van der Waals surface area contributed by atoms with Gasteiger partial charge in [0.15, 0.2) is 0 Å². The van der Waals surface area contributed by atoms with Gasteiger partial charge in [0.25, 0.3) is 0 Å². The summed E-state index contributed by atoms with van der Waals surface area (Å²) in [6.45, 7) is 3.79. The molecule has 104 valence electrons. The Kier molecular flexibility index (Phi) is 4.96. The molecule has 2 N–H and O–H groups in total. The summed E-state index contributed by atoms with van der Waals surface area (Å²) in [7, 11) is 0. The molecule has 0 unspecified atom stereocenters. The van der Waals surface area contributed by atoms with E-state index >= 15 is 0 Å². The molecule has 0 aromatic heterocycles. The molecule has 0 saturated carbocycles. The van der Waals surface area contributed by atoms with Crippen molar-refractivity contribution in [3.8, 4) is 5.75 Å². The van der Waals surface area contributed by atoms with Crippen LogP contribution in [0.3, 0.4) is 0 Å². The zero-order valence-corrected chi connectivity index (χ0v) is 12.3.